The minimum Gasteiger partial charge on any atom is -0.349 e. The average molecular weight is 217 g/mol. The first kappa shape index (κ1) is 12.6. The Kier molecular flexibility index (Phi) is 4.28. The lowest BCUT2D eigenvalue weighted by atomic mass is 10.8. The van der Waals surface area contributed by atoms with Crippen LogP contribution in [0.5, 0.6) is 0 Å². The van der Waals surface area contributed by atoms with Crippen molar-refractivity contribution < 1.29 is 14.4 Å². The highest BCUT2D eigenvalue weighted by Gasteiger charge is 2.32. The quantitative estimate of drug-likeness (QED) is 0.528. The van der Waals surface area contributed by atoms with Gasteiger partial charge in [-0.15, -0.1) is 0 Å². The molecule has 7 heteroatoms. The van der Waals surface area contributed by atoms with E-state index < -0.39 is 8.56 Å². The Morgan fingerprint density at radius 2 is 1.00 bits per heavy atom. The first-order valence-corrected chi connectivity index (χ1v) is 6.61. The van der Waals surface area contributed by atoms with Crippen LogP contribution in [0.15, 0.2) is 0 Å². The Morgan fingerprint density at radius 1 is 0.786 bits per heavy atom. The Labute approximate surface area is 83.7 Å². The van der Waals surface area contributed by atoms with E-state index in [-0.39, 0.29) is 17.7 Å². The third kappa shape index (κ3) is 5.30. The largest absolute Gasteiger partial charge is 0.375 e. The second-order valence-corrected chi connectivity index (χ2v) is 6.17. The van der Waals surface area contributed by atoms with Gasteiger partial charge in [0.25, 0.3) is 0 Å². The molecule has 0 atom stereocenters. The van der Waals surface area contributed by atoms with Gasteiger partial charge in [-0.2, -0.15) is 0 Å². The van der Waals surface area contributed by atoms with Crippen molar-refractivity contribution >= 4 is 26.3 Å². The van der Waals surface area contributed by atoms with E-state index in [1.54, 1.807) is 6.55 Å². The Hall–Kier alpha value is -1.37. The summed E-state index contributed by atoms with van der Waals surface area (Å²) in [6.07, 6.45) is 0. The Morgan fingerprint density at radius 3 is 1.14 bits per heavy atom. The van der Waals surface area contributed by atoms with Crippen LogP contribution in [0, 0.1) is 0 Å². The molecule has 80 valence electrons. The van der Waals surface area contributed by atoms with E-state index in [0.29, 0.717) is 0 Å². The molecule has 6 nitrogen and oxygen atoms in total. The SMILES string of the molecule is CC(=O)N[Si](C)(NC(C)=O)NC(C)=O. The third-order valence-electron chi connectivity index (χ3n) is 1.28. The molecule has 14 heavy (non-hydrogen) atoms. The number of hydrogen-bond acceptors (Lipinski definition) is 3. The van der Waals surface area contributed by atoms with Crippen molar-refractivity contribution in [1.82, 2.24) is 14.9 Å². The Balaban J connectivity index is 4.56. The fourth-order valence-corrected chi connectivity index (χ4v) is 3.45. The van der Waals surface area contributed by atoms with E-state index >= 15 is 0 Å². The summed E-state index contributed by atoms with van der Waals surface area (Å²) in [5.41, 5.74) is 0. The maximum absolute atomic E-state index is 10.8. The number of rotatable bonds is 3. The van der Waals surface area contributed by atoms with E-state index in [1.165, 1.54) is 20.8 Å². The number of hydrogen-bond donors (Lipinski definition) is 3. The van der Waals surface area contributed by atoms with Crippen molar-refractivity contribution in [2.45, 2.75) is 27.3 Å². The predicted molar refractivity (Wildman–Crippen MR) is 53.1 cm³/mol. The van der Waals surface area contributed by atoms with Crippen molar-refractivity contribution in [3.63, 3.8) is 0 Å². The molecule has 0 aromatic rings. The summed E-state index contributed by atoms with van der Waals surface area (Å²) in [5.74, 6) is -0.870. The molecule has 0 bridgehead atoms. The lowest BCUT2D eigenvalue weighted by Gasteiger charge is -2.27. The summed E-state index contributed by atoms with van der Waals surface area (Å²) in [6, 6.07) is 0. The van der Waals surface area contributed by atoms with Gasteiger partial charge in [0.1, 0.15) is 0 Å². The molecule has 0 rings (SSSR count). The summed E-state index contributed by atoms with van der Waals surface area (Å²) in [5, 5.41) is 0. The zero-order chi connectivity index (χ0) is 11.4. The van der Waals surface area contributed by atoms with Gasteiger partial charge in [0.05, 0.1) is 0 Å². The molecule has 0 saturated carbocycles. The van der Waals surface area contributed by atoms with Crippen molar-refractivity contribution in [1.29, 1.82) is 0 Å². The molecule has 0 unspecified atom stereocenters. The van der Waals surface area contributed by atoms with E-state index in [0.717, 1.165) is 0 Å². The van der Waals surface area contributed by atoms with Gasteiger partial charge in [0, 0.05) is 20.8 Å². The van der Waals surface area contributed by atoms with Gasteiger partial charge in [-0.05, 0) is 6.55 Å². The van der Waals surface area contributed by atoms with Gasteiger partial charge >= 0.3 is 8.56 Å². The molecule has 3 N–H and O–H groups in total. The highest BCUT2D eigenvalue weighted by atomic mass is 28.4. The van der Waals surface area contributed by atoms with Crippen molar-refractivity contribution in [2.75, 3.05) is 0 Å². The van der Waals surface area contributed by atoms with Gasteiger partial charge in [-0.3, -0.25) is 14.4 Å². The standard InChI is InChI=1S/C7H15N3O3Si/c1-5(11)8-14(4,9-6(2)12)10-7(3)13/h1-4H3,(H,8,11)(H,9,12)(H,10,13). The normalized spacial score (nSPS) is 10.3. The number of carbonyl (C=O) groups is 3. The number of amides is 3. The van der Waals surface area contributed by atoms with Crippen LogP contribution in [-0.2, 0) is 14.4 Å². The minimum atomic E-state index is -2.74. The van der Waals surface area contributed by atoms with Crippen LogP contribution in [0.3, 0.4) is 0 Å². The Bertz CT molecular complexity index is 226. The van der Waals surface area contributed by atoms with Crippen LogP contribution in [0.25, 0.3) is 0 Å². The van der Waals surface area contributed by atoms with Crippen LogP contribution in [0.1, 0.15) is 20.8 Å². The van der Waals surface area contributed by atoms with Gasteiger partial charge in [-0.1, -0.05) is 0 Å². The molecule has 0 aliphatic rings. The highest BCUT2D eigenvalue weighted by Crippen LogP contribution is 1.88. The predicted octanol–water partition coefficient (Wildman–Crippen LogP) is -1.04. The van der Waals surface area contributed by atoms with Crippen LogP contribution in [0.4, 0.5) is 0 Å². The molecule has 0 saturated heterocycles. The zero-order valence-electron chi connectivity index (χ0n) is 8.72. The second-order valence-electron chi connectivity index (χ2n) is 3.17. The molecular weight excluding hydrogens is 202 g/mol. The number of nitrogens with one attached hydrogen (secondary N) is 3. The molecular formula is C7H15N3O3Si. The summed E-state index contributed by atoms with van der Waals surface area (Å²) in [4.78, 5) is 40.2. The molecule has 3 amide bonds. The van der Waals surface area contributed by atoms with E-state index in [4.69, 9.17) is 0 Å². The lowest BCUT2D eigenvalue weighted by Crippen LogP contribution is -2.73. The molecule has 0 aromatic heterocycles. The van der Waals surface area contributed by atoms with Gasteiger partial charge in [-0.25, -0.2) is 0 Å². The molecule has 0 aromatic carbocycles. The van der Waals surface area contributed by atoms with Gasteiger partial charge < -0.3 is 14.9 Å². The van der Waals surface area contributed by atoms with E-state index in [1.807, 2.05) is 0 Å². The number of carbonyl (C=O) groups excluding carboxylic acids is 3. The molecule has 0 radical (unpaired) electrons. The molecule has 0 aliphatic carbocycles. The summed E-state index contributed by atoms with van der Waals surface area (Å²) in [6.45, 7) is 5.61. The fourth-order valence-electron chi connectivity index (χ4n) is 1.15. The fraction of sp³-hybridized carbons (Fsp3) is 0.571. The van der Waals surface area contributed by atoms with Crippen LogP contribution in [0.2, 0.25) is 6.55 Å². The van der Waals surface area contributed by atoms with Gasteiger partial charge in [0.15, 0.2) is 0 Å². The van der Waals surface area contributed by atoms with Crippen LogP contribution >= 0.6 is 0 Å². The highest BCUT2D eigenvalue weighted by molar-refractivity contribution is 6.77. The molecule has 0 aliphatic heterocycles. The second kappa shape index (κ2) is 4.75. The first-order valence-electron chi connectivity index (χ1n) is 4.11. The van der Waals surface area contributed by atoms with Crippen molar-refractivity contribution in [3.8, 4) is 0 Å². The van der Waals surface area contributed by atoms with E-state index in [2.05, 4.69) is 14.9 Å². The topological polar surface area (TPSA) is 87.3 Å². The molecule has 0 spiro atoms. The smallest absolute Gasteiger partial charge is 0.349 e. The summed E-state index contributed by atoms with van der Waals surface area (Å²) >= 11 is 0. The first-order chi connectivity index (χ1) is 6.25. The van der Waals surface area contributed by atoms with Gasteiger partial charge in [0.2, 0.25) is 17.7 Å². The van der Waals surface area contributed by atoms with Crippen LogP contribution < -0.4 is 14.9 Å². The summed E-state index contributed by atoms with van der Waals surface area (Å²) in [7, 11) is -2.74. The molecule has 0 heterocycles. The van der Waals surface area contributed by atoms with Crippen LogP contribution in [-0.4, -0.2) is 26.3 Å². The van der Waals surface area contributed by atoms with Crippen molar-refractivity contribution in [3.05, 3.63) is 0 Å². The maximum Gasteiger partial charge on any atom is 0.375 e. The van der Waals surface area contributed by atoms with Crippen molar-refractivity contribution in [2.24, 2.45) is 0 Å². The lowest BCUT2D eigenvalue weighted by molar-refractivity contribution is -0.118. The molecule has 0 fully saturated rings. The average Bonchev–Trinajstić information content (AvgIpc) is 1.76. The monoisotopic (exact) mass is 217 g/mol. The third-order valence-corrected chi connectivity index (χ3v) is 3.83. The minimum absolute atomic E-state index is 0.290. The summed E-state index contributed by atoms with van der Waals surface area (Å²) < 4.78 is 0. The van der Waals surface area contributed by atoms with E-state index in [9.17, 15) is 14.4 Å². The maximum atomic E-state index is 10.8. The zero-order valence-corrected chi connectivity index (χ0v) is 9.72.